The number of methoxy groups -OCH3 is 1. The van der Waals surface area contributed by atoms with Crippen LogP contribution in [0.15, 0.2) is 53.1 Å². The van der Waals surface area contributed by atoms with E-state index in [4.69, 9.17) is 20.8 Å². The Kier molecular flexibility index (Phi) is 4.30. The number of aldehydes is 1. The molecular weight excluding hydrogens is 316 g/mol. The van der Waals surface area contributed by atoms with E-state index >= 15 is 0 Å². The summed E-state index contributed by atoms with van der Waals surface area (Å²) in [5.74, 6) is 0.990. The largest absolute Gasteiger partial charge is 0.497 e. The maximum Gasteiger partial charge on any atom is 0.232 e. The number of oxazole rings is 1. The molecule has 0 atom stereocenters. The van der Waals surface area contributed by atoms with Gasteiger partial charge in [0.2, 0.25) is 5.89 Å². The van der Waals surface area contributed by atoms with Crippen LogP contribution in [0.4, 0.5) is 5.69 Å². The number of anilines is 1. The number of hydrogen-bond donors (Lipinski definition) is 1. The molecule has 0 radical (unpaired) electrons. The van der Waals surface area contributed by atoms with E-state index in [2.05, 4.69) is 10.3 Å². The molecule has 0 amide bonds. The number of nitrogens with zero attached hydrogens (tertiary/aromatic N) is 1. The number of rotatable bonds is 5. The molecule has 23 heavy (non-hydrogen) atoms. The molecular formula is C17H13ClN2O3. The number of allylic oxidation sites excluding steroid dienone is 1. The van der Waals surface area contributed by atoms with Crippen LogP contribution in [-0.2, 0) is 4.79 Å². The normalized spacial score (nSPS) is 11.5. The summed E-state index contributed by atoms with van der Waals surface area (Å²) < 4.78 is 10.7. The van der Waals surface area contributed by atoms with E-state index < -0.39 is 0 Å². The van der Waals surface area contributed by atoms with E-state index in [1.807, 2.05) is 24.3 Å². The summed E-state index contributed by atoms with van der Waals surface area (Å²) in [5.41, 5.74) is 2.28. The van der Waals surface area contributed by atoms with Crippen molar-refractivity contribution >= 4 is 40.2 Å². The van der Waals surface area contributed by atoms with Gasteiger partial charge >= 0.3 is 0 Å². The first kappa shape index (κ1) is 15.1. The van der Waals surface area contributed by atoms with Gasteiger partial charge in [0.05, 0.1) is 12.7 Å². The molecule has 0 fully saturated rings. The summed E-state index contributed by atoms with van der Waals surface area (Å²) in [4.78, 5) is 15.6. The molecule has 0 aliphatic rings. The smallest absolute Gasteiger partial charge is 0.232 e. The lowest BCUT2D eigenvalue weighted by Crippen LogP contribution is -1.93. The predicted octanol–water partition coefficient (Wildman–Crippen LogP) is 4.14. The Morgan fingerprint density at radius 3 is 2.74 bits per heavy atom. The van der Waals surface area contributed by atoms with Crippen molar-refractivity contribution in [2.45, 2.75) is 0 Å². The number of hydrogen-bond acceptors (Lipinski definition) is 5. The fourth-order valence-electron chi connectivity index (χ4n) is 2.02. The Bertz CT molecular complexity index is 869. The van der Waals surface area contributed by atoms with Gasteiger partial charge in [-0.1, -0.05) is 11.6 Å². The molecule has 6 heteroatoms. The number of ether oxygens (including phenoxy) is 1. The van der Waals surface area contributed by atoms with Gasteiger partial charge in [-0.25, -0.2) is 4.98 Å². The van der Waals surface area contributed by atoms with Crippen LogP contribution in [-0.4, -0.2) is 18.4 Å². The van der Waals surface area contributed by atoms with E-state index in [0.29, 0.717) is 28.0 Å². The zero-order valence-corrected chi connectivity index (χ0v) is 13.0. The number of benzene rings is 2. The average Bonchev–Trinajstić information content (AvgIpc) is 2.99. The third kappa shape index (κ3) is 3.35. The fraction of sp³-hybridized carbons (Fsp3) is 0.0588. The van der Waals surface area contributed by atoms with E-state index in [9.17, 15) is 4.79 Å². The van der Waals surface area contributed by atoms with Crippen LogP contribution in [0.3, 0.4) is 0 Å². The third-order valence-electron chi connectivity index (χ3n) is 3.21. The summed E-state index contributed by atoms with van der Waals surface area (Å²) in [6, 6.07) is 12.4. The van der Waals surface area contributed by atoms with Gasteiger partial charge in [-0.2, -0.15) is 0 Å². The van der Waals surface area contributed by atoms with Gasteiger partial charge in [-0.05, 0) is 42.5 Å². The predicted molar refractivity (Wildman–Crippen MR) is 89.7 cm³/mol. The highest BCUT2D eigenvalue weighted by atomic mass is 35.5. The third-order valence-corrected chi connectivity index (χ3v) is 3.44. The second kappa shape index (κ2) is 6.54. The molecule has 5 nitrogen and oxygen atoms in total. The molecule has 3 rings (SSSR count). The second-order valence-electron chi connectivity index (χ2n) is 4.72. The molecule has 0 unspecified atom stereocenters. The zero-order chi connectivity index (χ0) is 16.2. The average molecular weight is 329 g/mol. The molecule has 0 spiro atoms. The van der Waals surface area contributed by atoms with Crippen molar-refractivity contribution in [3.63, 3.8) is 0 Å². The Hall–Kier alpha value is -2.79. The SMILES string of the molecule is COc1ccc(N/C=C(\C=O)c2nc3cc(Cl)ccc3o2)cc1. The van der Waals surface area contributed by atoms with Crippen LogP contribution in [0.5, 0.6) is 5.75 Å². The van der Waals surface area contributed by atoms with Gasteiger partial charge in [0.25, 0.3) is 0 Å². The van der Waals surface area contributed by atoms with Crippen LogP contribution >= 0.6 is 11.6 Å². The van der Waals surface area contributed by atoms with Crippen molar-refractivity contribution in [2.75, 3.05) is 12.4 Å². The number of carbonyl (C=O) groups excluding carboxylic acids is 1. The molecule has 1 aromatic heterocycles. The highest BCUT2D eigenvalue weighted by Crippen LogP contribution is 2.23. The molecule has 2 aromatic carbocycles. The van der Waals surface area contributed by atoms with Gasteiger partial charge in [-0.3, -0.25) is 4.79 Å². The van der Waals surface area contributed by atoms with Crippen molar-refractivity contribution in [1.82, 2.24) is 4.98 Å². The number of nitrogens with one attached hydrogen (secondary N) is 1. The minimum atomic E-state index is 0.235. The first-order valence-electron chi connectivity index (χ1n) is 6.82. The second-order valence-corrected chi connectivity index (χ2v) is 5.16. The maximum atomic E-state index is 11.3. The molecule has 0 saturated heterocycles. The number of halogens is 1. The van der Waals surface area contributed by atoms with Gasteiger partial charge < -0.3 is 14.5 Å². The summed E-state index contributed by atoms with van der Waals surface area (Å²) in [6.07, 6.45) is 2.23. The zero-order valence-electron chi connectivity index (χ0n) is 12.2. The van der Waals surface area contributed by atoms with Crippen LogP contribution < -0.4 is 10.1 Å². The molecule has 0 aliphatic heterocycles. The summed E-state index contributed by atoms with van der Waals surface area (Å²) >= 11 is 5.92. The quantitative estimate of drug-likeness (QED) is 0.563. The van der Waals surface area contributed by atoms with Crippen LogP contribution in [0, 0.1) is 0 Å². The molecule has 0 bridgehead atoms. The Morgan fingerprint density at radius 2 is 2.04 bits per heavy atom. The molecule has 1 heterocycles. The Balaban J connectivity index is 1.85. The molecule has 1 N–H and O–H groups in total. The van der Waals surface area contributed by atoms with Gasteiger partial charge in [-0.15, -0.1) is 0 Å². The lowest BCUT2D eigenvalue weighted by molar-refractivity contribution is -0.103. The molecule has 116 valence electrons. The minimum Gasteiger partial charge on any atom is -0.497 e. The highest BCUT2D eigenvalue weighted by molar-refractivity contribution is 6.31. The summed E-state index contributed by atoms with van der Waals surface area (Å²) in [6.45, 7) is 0. The lowest BCUT2D eigenvalue weighted by atomic mass is 10.3. The first-order chi connectivity index (χ1) is 11.2. The van der Waals surface area contributed by atoms with Crippen molar-refractivity contribution in [2.24, 2.45) is 0 Å². The molecule has 0 saturated carbocycles. The number of aromatic nitrogens is 1. The summed E-state index contributed by atoms with van der Waals surface area (Å²) in [7, 11) is 1.60. The number of fused-ring (bicyclic) bond motifs is 1. The van der Waals surface area contributed by atoms with Gasteiger partial charge in [0.15, 0.2) is 11.9 Å². The van der Waals surface area contributed by atoms with E-state index in [-0.39, 0.29) is 5.89 Å². The van der Waals surface area contributed by atoms with E-state index in [1.165, 1.54) is 0 Å². The first-order valence-corrected chi connectivity index (χ1v) is 7.20. The highest BCUT2D eigenvalue weighted by Gasteiger charge is 2.10. The van der Waals surface area contributed by atoms with Crippen molar-refractivity contribution in [3.05, 3.63) is 59.6 Å². The van der Waals surface area contributed by atoms with E-state index in [1.54, 1.807) is 31.5 Å². The van der Waals surface area contributed by atoms with Crippen molar-refractivity contribution in [1.29, 1.82) is 0 Å². The van der Waals surface area contributed by atoms with Gasteiger partial charge in [0, 0.05) is 16.9 Å². The van der Waals surface area contributed by atoms with E-state index in [0.717, 1.165) is 11.4 Å². The van der Waals surface area contributed by atoms with Crippen molar-refractivity contribution in [3.8, 4) is 5.75 Å². The van der Waals surface area contributed by atoms with Crippen LogP contribution in [0.25, 0.3) is 16.7 Å². The monoisotopic (exact) mass is 328 g/mol. The standard InChI is InChI=1S/C17H13ClN2O3/c1-22-14-5-3-13(4-6-14)19-9-11(10-21)17-20-15-8-12(18)2-7-16(15)23-17/h2-10,19H,1H3/b11-9+. The van der Waals surface area contributed by atoms with Crippen LogP contribution in [0.1, 0.15) is 5.89 Å². The lowest BCUT2D eigenvalue weighted by Gasteiger charge is -2.03. The Morgan fingerprint density at radius 1 is 1.26 bits per heavy atom. The fourth-order valence-corrected chi connectivity index (χ4v) is 2.18. The summed E-state index contributed by atoms with van der Waals surface area (Å²) in [5, 5.41) is 3.59. The molecule has 3 aromatic rings. The number of carbonyl (C=O) groups is 1. The minimum absolute atomic E-state index is 0.235. The van der Waals surface area contributed by atoms with Crippen molar-refractivity contribution < 1.29 is 13.9 Å². The maximum absolute atomic E-state index is 11.3. The van der Waals surface area contributed by atoms with Crippen LogP contribution in [0.2, 0.25) is 5.02 Å². The topological polar surface area (TPSA) is 64.4 Å². The Labute approximate surface area is 137 Å². The molecule has 0 aliphatic carbocycles. The van der Waals surface area contributed by atoms with Gasteiger partial charge in [0.1, 0.15) is 11.3 Å².